The van der Waals surface area contributed by atoms with Gasteiger partial charge < -0.3 is 18.7 Å². The van der Waals surface area contributed by atoms with Crippen molar-refractivity contribution in [1.82, 2.24) is 4.98 Å². The Labute approximate surface area is 208 Å². The summed E-state index contributed by atoms with van der Waals surface area (Å²) in [7, 11) is 4.40. The molecule has 0 spiro atoms. The number of ether oxygens (including phenoxy) is 3. The molecule has 0 aliphatic carbocycles. The number of carbonyl (C=O) groups is 1. The first kappa shape index (κ1) is 28.6. The van der Waals surface area contributed by atoms with Crippen molar-refractivity contribution in [3.63, 3.8) is 0 Å². The van der Waals surface area contributed by atoms with Gasteiger partial charge >= 0.3 is 5.97 Å². The average Bonchev–Trinajstić information content (AvgIpc) is 2.77. The van der Waals surface area contributed by atoms with Crippen LogP contribution in [0.3, 0.4) is 0 Å². The molecule has 0 unspecified atom stereocenters. The molecule has 2 rings (SSSR count). The SMILES string of the molecule is CCCCCCCCCCCC(=O)OCCC[N+](C)(C)Cc1cnc(C)c2c1COC(C)(C)O2. The highest BCUT2D eigenvalue weighted by Gasteiger charge is 2.32. The summed E-state index contributed by atoms with van der Waals surface area (Å²) in [6.07, 6.45) is 14.7. The predicted molar refractivity (Wildman–Crippen MR) is 137 cm³/mol. The zero-order valence-corrected chi connectivity index (χ0v) is 22.7. The third-order valence-corrected chi connectivity index (χ3v) is 6.57. The number of carbonyl (C=O) groups excluding carboxylic acids is 1. The van der Waals surface area contributed by atoms with Crippen LogP contribution in [0.1, 0.15) is 108 Å². The van der Waals surface area contributed by atoms with E-state index in [-0.39, 0.29) is 5.97 Å². The minimum Gasteiger partial charge on any atom is -0.465 e. The minimum absolute atomic E-state index is 0.0537. The number of nitrogens with zero attached hydrogens (tertiary/aromatic N) is 2. The quantitative estimate of drug-likeness (QED) is 0.155. The first-order valence-electron chi connectivity index (χ1n) is 13.4. The lowest BCUT2D eigenvalue weighted by Crippen LogP contribution is -2.41. The molecule has 34 heavy (non-hydrogen) atoms. The summed E-state index contributed by atoms with van der Waals surface area (Å²) < 4.78 is 18.2. The Morgan fingerprint density at radius 1 is 1.06 bits per heavy atom. The first-order valence-corrected chi connectivity index (χ1v) is 13.4. The Balaban J connectivity index is 1.64. The van der Waals surface area contributed by atoms with Crippen molar-refractivity contribution in [3.05, 3.63) is 23.0 Å². The molecule has 6 heteroatoms. The number of fused-ring (bicyclic) bond motifs is 1. The van der Waals surface area contributed by atoms with Gasteiger partial charge in [0.05, 0.1) is 39.5 Å². The van der Waals surface area contributed by atoms with Crippen molar-refractivity contribution < 1.29 is 23.5 Å². The van der Waals surface area contributed by atoms with E-state index < -0.39 is 5.79 Å². The minimum atomic E-state index is -0.624. The Bertz CT molecular complexity index is 761. The van der Waals surface area contributed by atoms with Gasteiger partial charge in [0.25, 0.3) is 0 Å². The van der Waals surface area contributed by atoms with E-state index in [0.717, 1.165) is 59.4 Å². The molecule has 1 aliphatic rings. The van der Waals surface area contributed by atoms with E-state index in [1.807, 2.05) is 27.0 Å². The van der Waals surface area contributed by atoms with Gasteiger partial charge in [0.2, 0.25) is 5.79 Å². The van der Waals surface area contributed by atoms with Crippen LogP contribution in [0.5, 0.6) is 5.75 Å². The van der Waals surface area contributed by atoms with Crippen molar-refractivity contribution in [3.8, 4) is 5.75 Å². The number of hydrogen-bond donors (Lipinski definition) is 0. The molecule has 0 radical (unpaired) electrons. The molecule has 1 aromatic rings. The number of esters is 1. The number of pyridine rings is 1. The van der Waals surface area contributed by atoms with Crippen molar-refractivity contribution in [2.75, 3.05) is 27.2 Å². The Morgan fingerprint density at radius 2 is 1.71 bits per heavy atom. The maximum absolute atomic E-state index is 12.0. The van der Waals surface area contributed by atoms with Crippen LogP contribution in [0.15, 0.2) is 6.20 Å². The van der Waals surface area contributed by atoms with Crippen LogP contribution in [0, 0.1) is 6.92 Å². The molecule has 1 aromatic heterocycles. The molecule has 6 nitrogen and oxygen atoms in total. The van der Waals surface area contributed by atoms with E-state index in [9.17, 15) is 4.79 Å². The maximum Gasteiger partial charge on any atom is 0.305 e. The monoisotopic (exact) mass is 477 g/mol. The highest BCUT2D eigenvalue weighted by molar-refractivity contribution is 5.69. The van der Waals surface area contributed by atoms with Gasteiger partial charge in [0.15, 0.2) is 0 Å². The summed E-state index contributed by atoms with van der Waals surface area (Å²) in [5.74, 6) is 0.182. The molecule has 194 valence electrons. The summed E-state index contributed by atoms with van der Waals surface area (Å²) in [4.78, 5) is 16.6. The number of aromatic nitrogens is 1. The van der Waals surface area contributed by atoms with Gasteiger partial charge in [-0.3, -0.25) is 9.78 Å². The Kier molecular flexibility index (Phi) is 11.8. The topological polar surface area (TPSA) is 57.7 Å². The third-order valence-electron chi connectivity index (χ3n) is 6.57. The number of hydrogen-bond acceptors (Lipinski definition) is 5. The zero-order valence-electron chi connectivity index (χ0n) is 22.7. The van der Waals surface area contributed by atoms with Crippen LogP contribution in [0.4, 0.5) is 0 Å². The van der Waals surface area contributed by atoms with Gasteiger partial charge in [0, 0.05) is 44.0 Å². The molecule has 0 fully saturated rings. The fraction of sp³-hybridized carbons (Fsp3) is 0.786. The Hall–Kier alpha value is -1.66. The van der Waals surface area contributed by atoms with E-state index in [2.05, 4.69) is 26.0 Å². The van der Waals surface area contributed by atoms with Gasteiger partial charge in [-0.1, -0.05) is 58.3 Å². The maximum atomic E-state index is 12.0. The second-order valence-corrected chi connectivity index (χ2v) is 10.9. The lowest BCUT2D eigenvalue weighted by Gasteiger charge is -2.36. The highest BCUT2D eigenvalue weighted by Crippen LogP contribution is 2.35. The fourth-order valence-corrected chi connectivity index (χ4v) is 4.50. The van der Waals surface area contributed by atoms with Gasteiger partial charge in [-0.15, -0.1) is 0 Å². The molecule has 0 saturated heterocycles. The number of aryl methyl sites for hydroxylation is 1. The van der Waals surface area contributed by atoms with Gasteiger partial charge in [-0.2, -0.15) is 0 Å². The molecule has 0 bridgehead atoms. The molecule has 1 aliphatic heterocycles. The molecule has 0 N–H and O–H groups in total. The summed E-state index contributed by atoms with van der Waals surface area (Å²) in [5.41, 5.74) is 3.16. The molecule has 2 heterocycles. The normalized spacial score (nSPS) is 15.0. The highest BCUT2D eigenvalue weighted by atomic mass is 16.7. The zero-order chi connectivity index (χ0) is 25.0. The summed E-state index contributed by atoms with van der Waals surface area (Å²) in [5, 5.41) is 0. The van der Waals surface area contributed by atoms with Crippen LogP contribution in [0.25, 0.3) is 0 Å². The van der Waals surface area contributed by atoms with Crippen LogP contribution in [-0.4, -0.2) is 48.5 Å². The third kappa shape index (κ3) is 10.3. The summed E-state index contributed by atoms with van der Waals surface area (Å²) in [6, 6.07) is 0. The lowest BCUT2D eigenvalue weighted by molar-refractivity contribution is -0.903. The van der Waals surface area contributed by atoms with E-state index in [4.69, 9.17) is 14.2 Å². The molecular weight excluding hydrogens is 428 g/mol. The van der Waals surface area contributed by atoms with Crippen LogP contribution in [-0.2, 0) is 27.4 Å². The standard InChI is InChI=1S/C28H49N2O4/c1-7-8-9-10-11-12-13-14-15-17-26(31)32-19-16-18-30(5,6)21-24-20-29-23(2)27-25(24)22-33-28(3,4)34-27/h20H,7-19,21-22H2,1-6H3/q+1. The van der Waals surface area contributed by atoms with Crippen molar-refractivity contribution >= 4 is 5.97 Å². The van der Waals surface area contributed by atoms with Crippen molar-refractivity contribution in [2.45, 2.75) is 117 Å². The molecule has 0 amide bonds. The van der Waals surface area contributed by atoms with Crippen LogP contribution < -0.4 is 4.74 Å². The smallest absolute Gasteiger partial charge is 0.305 e. The van der Waals surface area contributed by atoms with Crippen molar-refractivity contribution in [1.29, 1.82) is 0 Å². The van der Waals surface area contributed by atoms with Gasteiger partial charge in [-0.05, 0) is 13.3 Å². The second-order valence-electron chi connectivity index (χ2n) is 10.9. The van der Waals surface area contributed by atoms with E-state index in [1.54, 1.807) is 0 Å². The largest absolute Gasteiger partial charge is 0.465 e. The number of unbranched alkanes of at least 4 members (excludes halogenated alkanes) is 8. The number of rotatable bonds is 16. The fourth-order valence-electron chi connectivity index (χ4n) is 4.50. The lowest BCUT2D eigenvalue weighted by atomic mass is 10.1. The average molecular weight is 478 g/mol. The Morgan fingerprint density at radius 3 is 2.38 bits per heavy atom. The molecule has 0 aromatic carbocycles. The predicted octanol–water partition coefficient (Wildman–Crippen LogP) is 6.47. The van der Waals surface area contributed by atoms with Crippen molar-refractivity contribution in [2.24, 2.45) is 0 Å². The van der Waals surface area contributed by atoms with Gasteiger partial charge in [-0.25, -0.2) is 0 Å². The van der Waals surface area contributed by atoms with Crippen LogP contribution in [0.2, 0.25) is 0 Å². The second kappa shape index (κ2) is 14.0. The van der Waals surface area contributed by atoms with Crippen LogP contribution >= 0.6 is 0 Å². The molecular formula is C28H49N2O4+. The first-order chi connectivity index (χ1) is 16.1. The van der Waals surface area contributed by atoms with Gasteiger partial charge in [0.1, 0.15) is 12.3 Å². The summed E-state index contributed by atoms with van der Waals surface area (Å²) in [6.45, 7) is 10.9. The number of quaternary nitrogens is 1. The van der Waals surface area contributed by atoms with E-state index >= 15 is 0 Å². The summed E-state index contributed by atoms with van der Waals surface area (Å²) >= 11 is 0. The molecule has 0 saturated carbocycles. The van der Waals surface area contributed by atoms with E-state index in [0.29, 0.717) is 19.6 Å². The van der Waals surface area contributed by atoms with E-state index in [1.165, 1.54) is 44.9 Å². The molecule has 0 atom stereocenters.